The van der Waals surface area contributed by atoms with Crippen molar-refractivity contribution in [3.8, 4) is 29.0 Å². The second kappa shape index (κ2) is 8.64. The standard InChI is InChI=1S/C20H14F3N5O4/c21-20(22,23)17-6-4-14(9-25-17)13-3-5-15(24-8-13)2-1-7-31-16-10-27-11-18(28(29)30)26-19(27)32-12-16/h3-6,8-9,11,16H,7,10,12H2/t16-/m0/s1. The Hall–Kier alpha value is -3.98. The number of aromatic nitrogens is 4. The molecule has 12 heteroatoms. The predicted molar refractivity (Wildman–Crippen MR) is 103 cm³/mol. The molecule has 0 saturated carbocycles. The van der Waals surface area contributed by atoms with Crippen LogP contribution in [-0.2, 0) is 17.5 Å². The van der Waals surface area contributed by atoms with Gasteiger partial charge in [-0.3, -0.25) is 9.55 Å². The van der Waals surface area contributed by atoms with E-state index in [1.807, 2.05) is 0 Å². The maximum atomic E-state index is 12.6. The van der Waals surface area contributed by atoms with Gasteiger partial charge in [0, 0.05) is 28.5 Å². The number of halogens is 3. The highest BCUT2D eigenvalue weighted by molar-refractivity contribution is 5.61. The average Bonchev–Trinajstić information content (AvgIpc) is 3.21. The van der Waals surface area contributed by atoms with Crippen LogP contribution in [0.25, 0.3) is 11.1 Å². The van der Waals surface area contributed by atoms with E-state index < -0.39 is 16.8 Å². The predicted octanol–water partition coefficient (Wildman–Crippen LogP) is 3.10. The van der Waals surface area contributed by atoms with Gasteiger partial charge in [-0.25, -0.2) is 4.98 Å². The highest BCUT2D eigenvalue weighted by Gasteiger charge is 2.32. The molecule has 0 N–H and O–H groups in total. The third-order valence-electron chi connectivity index (χ3n) is 4.47. The molecule has 0 saturated heterocycles. The number of nitrogens with zero attached hydrogens (tertiary/aromatic N) is 5. The molecule has 3 aromatic rings. The third-order valence-corrected chi connectivity index (χ3v) is 4.47. The molecule has 9 nitrogen and oxygen atoms in total. The number of fused-ring (bicyclic) bond motifs is 1. The number of pyridine rings is 2. The maximum Gasteiger partial charge on any atom is 0.433 e. The third kappa shape index (κ3) is 4.84. The lowest BCUT2D eigenvalue weighted by molar-refractivity contribution is -0.389. The molecule has 164 valence electrons. The Kier molecular flexibility index (Phi) is 5.74. The zero-order chi connectivity index (χ0) is 22.7. The van der Waals surface area contributed by atoms with Crippen molar-refractivity contribution in [1.82, 2.24) is 19.5 Å². The summed E-state index contributed by atoms with van der Waals surface area (Å²) < 4.78 is 50.3. The summed E-state index contributed by atoms with van der Waals surface area (Å²) in [5.41, 5.74) is 0.620. The van der Waals surface area contributed by atoms with Crippen molar-refractivity contribution in [2.24, 2.45) is 0 Å². The number of ether oxygens (including phenoxy) is 2. The van der Waals surface area contributed by atoms with Gasteiger partial charge < -0.3 is 19.6 Å². The van der Waals surface area contributed by atoms with Crippen LogP contribution < -0.4 is 4.74 Å². The smallest absolute Gasteiger partial charge is 0.433 e. The SMILES string of the molecule is O=[N+]([O-])c1cn2c(n1)OC[C@@H](OCC#Cc1ccc(-c3ccc(C(F)(F)F)nc3)cn1)C2. The van der Waals surface area contributed by atoms with Crippen molar-refractivity contribution >= 4 is 5.82 Å². The monoisotopic (exact) mass is 445 g/mol. The van der Waals surface area contributed by atoms with Crippen LogP contribution in [0.4, 0.5) is 19.0 Å². The number of hydrogen-bond acceptors (Lipinski definition) is 7. The van der Waals surface area contributed by atoms with E-state index in [0.717, 1.165) is 12.3 Å². The van der Waals surface area contributed by atoms with E-state index in [2.05, 4.69) is 26.8 Å². The fraction of sp³-hybridized carbons (Fsp3) is 0.250. The van der Waals surface area contributed by atoms with Crippen LogP contribution in [0.3, 0.4) is 0 Å². The van der Waals surface area contributed by atoms with Crippen molar-refractivity contribution in [2.75, 3.05) is 13.2 Å². The van der Waals surface area contributed by atoms with Gasteiger partial charge in [-0.1, -0.05) is 12.0 Å². The minimum absolute atomic E-state index is 0.0897. The van der Waals surface area contributed by atoms with Crippen molar-refractivity contribution < 1.29 is 27.6 Å². The molecule has 1 aliphatic heterocycles. The van der Waals surface area contributed by atoms with E-state index >= 15 is 0 Å². The van der Waals surface area contributed by atoms with Crippen LogP contribution in [0.2, 0.25) is 0 Å². The summed E-state index contributed by atoms with van der Waals surface area (Å²) in [4.78, 5) is 21.5. The van der Waals surface area contributed by atoms with E-state index in [4.69, 9.17) is 9.47 Å². The van der Waals surface area contributed by atoms with Crippen LogP contribution in [0, 0.1) is 22.0 Å². The second-order valence-electron chi connectivity index (χ2n) is 6.70. The zero-order valence-corrected chi connectivity index (χ0v) is 16.2. The van der Waals surface area contributed by atoms with E-state index in [0.29, 0.717) is 23.4 Å². The van der Waals surface area contributed by atoms with Crippen LogP contribution in [0.1, 0.15) is 11.4 Å². The van der Waals surface area contributed by atoms with Crippen molar-refractivity contribution in [1.29, 1.82) is 0 Å². The molecule has 0 aliphatic carbocycles. The molecule has 0 bridgehead atoms. The number of rotatable bonds is 4. The van der Waals surface area contributed by atoms with Gasteiger partial charge in [0.05, 0.1) is 6.54 Å². The Labute approximate surface area is 179 Å². The van der Waals surface area contributed by atoms with E-state index in [-0.39, 0.29) is 31.1 Å². The second-order valence-corrected chi connectivity index (χ2v) is 6.70. The van der Waals surface area contributed by atoms with Crippen LogP contribution >= 0.6 is 0 Å². The Morgan fingerprint density at radius 3 is 2.59 bits per heavy atom. The van der Waals surface area contributed by atoms with Crippen molar-refractivity contribution in [3.05, 3.63) is 64.4 Å². The molecular weight excluding hydrogens is 431 g/mol. The summed E-state index contributed by atoms with van der Waals surface area (Å²) in [7, 11) is 0. The van der Waals surface area contributed by atoms with Crippen molar-refractivity contribution in [3.63, 3.8) is 0 Å². The lowest BCUT2D eigenvalue weighted by atomic mass is 10.1. The van der Waals surface area contributed by atoms with Gasteiger partial charge in [0.15, 0.2) is 0 Å². The summed E-state index contributed by atoms with van der Waals surface area (Å²) in [5.74, 6) is 5.36. The Morgan fingerprint density at radius 2 is 1.97 bits per heavy atom. The highest BCUT2D eigenvalue weighted by Crippen LogP contribution is 2.28. The molecule has 0 amide bonds. The Balaban J connectivity index is 1.31. The summed E-state index contributed by atoms with van der Waals surface area (Å²) in [6.45, 7) is 0.641. The molecule has 32 heavy (non-hydrogen) atoms. The number of nitro groups is 1. The van der Waals surface area contributed by atoms with E-state index in [1.165, 1.54) is 23.0 Å². The molecule has 1 atom stereocenters. The average molecular weight is 445 g/mol. The Morgan fingerprint density at radius 1 is 1.22 bits per heavy atom. The van der Waals surface area contributed by atoms with Crippen LogP contribution in [0.15, 0.2) is 42.9 Å². The lowest BCUT2D eigenvalue weighted by Gasteiger charge is -2.21. The van der Waals surface area contributed by atoms with E-state index in [1.54, 1.807) is 12.1 Å². The number of alkyl halides is 3. The number of imidazole rings is 1. The minimum atomic E-state index is -4.49. The van der Waals surface area contributed by atoms with Gasteiger partial charge in [-0.05, 0) is 29.0 Å². The first-order valence-electron chi connectivity index (χ1n) is 9.24. The van der Waals surface area contributed by atoms with Gasteiger partial charge in [0.25, 0.3) is 0 Å². The van der Waals surface area contributed by atoms with Gasteiger partial charge in [0.2, 0.25) is 0 Å². The first-order valence-corrected chi connectivity index (χ1v) is 9.24. The van der Waals surface area contributed by atoms with Gasteiger partial charge in [-0.15, -0.1) is 0 Å². The normalized spacial score (nSPS) is 15.3. The molecule has 0 fully saturated rings. The van der Waals surface area contributed by atoms with E-state index in [9.17, 15) is 23.3 Å². The first-order chi connectivity index (χ1) is 15.3. The maximum absolute atomic E-state index is 12.6. The van der Waals surface area contributed by atoms with Crippen molar-refractivity contribution in [2.45, 2.75) is 18.8 Å². The zero-order valence-electron chi connectivity index (χ0n) is 16.2. The molecule has 0 radical (unpaired) electrons. The Bertz CT molecular complexity index is 1180. The number of hydrogen-bond donors (Lipinski definition) is 0. The topological polar surface area (TPSA) is 105 Å². The summed E-state index contributed by atoms with van der Waals surface area (Å²) in [5, 5.41) is 10.8. The lowest BCUT2D eigenvalue weighted by Crippen LogP contribution is -2.32. The molecule has 1 aliphatic rings. The molecule has 0 unspecified atom stereocenters. The fourth-order valence-electron chi connectivity index (χ4n) is 2.92. The first kappa shape index (κ1) is 21.3. The largest absolute Gasteiger partial charge is 0.443 e. The summed E-state index contributed by atoms with van der Waals surface area (Å²) >= 11 is 0. The summed E-state index contributed by atoms with van der Waals surface area (Å²) in [6.07, 6.45) is -0.897. The molecule has 3 aromatic heterocycles. The van der Waals surface area contributed by atoms with Crippen LogP contribution in [-0.4, -0.2) is 43.8 Å². The quantitative estimate of drug-likeness (QED) is 0.345. The molecule has 0 aromatic carbocycles. The molecular formula is C20H14F3N5O4. The fourth-order valence-corrected chi connectivity index (χ4v) is 2.92. The van der Waals surface area contributed by atoms with Gasteiger partial charge in [-0.2, -0.15) is 13.2 Å². The van der Waals surface area contributed by atoms with Gasteiger partial charge >= 0.3 is 18.0 Å². The molecule has 4 heterocycles. The van der Waals surface area contributed by atoms with Gasteiger partial charge in [0.1, 0.15) is 36.9 Å². The molecule has 4 rings (SSSR count). The highest BCUT2D eigenvalue weighted by atomic mass is 19.4. The molecule has 0 spiro atoms. The summed E-state index contributed by atoms with van der Waals surface area (Å²) in [6, 6.07) is 5.75. The minimum Gasteiger partial charge on any atom is -0.443 e. The van der Waals surface area contributed by atoms with Crippen LogP contribution in [0.5, 0.6) is 6.01 Å².